The summed E-state index contributed by atoms with van der Waals surface area (Å²) in [5.74, 6) is -0.735. The summed E-state index contributed by atoms with van der Waals surface area (Å²) < 4.78 is 10.5. The number of carbonyl (C=O) groups excluding carboxylic acids is 4. The molecule has 2 aromatic carbocycles. The van der Waals surface area contributed by atoms with Crippen LogP contribution in [0.2, 0.25) is 0 Å². The van der Waals surface area contributed by atoms with Gasteiger partial charge in [-0.3, -0.25) is 24.2 Å². The number of esters is 1. The van der Waals surface area contributed by atoms with E-state index >= 15 is 0 Å². The number of cyclic esters (lactones) is 1. The molecule has 2 aliphatic heterocycles. The number of hydrogen-bond donors (Lipinski definition) is 1. The van der Waals surface area contributed by atoms with Crippen LogP contribution in [0.3, 0.4) is 0 Å². The number of ether oxygens (including phenoxy) is 2. The Morgan fingerprint density at radius 2 is 1.79 bits per heavy atom. The van der Waals surface area contributed by atoms with Crippen LogP contribution < -0.4 is 10.6 Å². The smallest absolute Gasteiger partial charge is 0.414 e. The first kappa shape index (κ1) is 26.8. The minimum atomic E-state index is -0.469. The second kappa shape index (κ2) is 12.3. The Hall–Kier alpha value is -4.25. The monoisotopic (exact) mass is 521 g/mol. The topological polar surface area (TPSA) is 135 Å². The van der Waals surface area contributed by atoms with Gasteiger partial charge in [-0.05, 0) is 43.3 Å². The fraction of sp³-hybridized carbons (Fsp3) is 0.370. The average Bonchev–Trinajstić information content (AvgIpc) is 3.28. The van der Waals surface area contributed by atoms with Gasteiger partial charge in [0.25, 0.3) is 5.91 Å². The highest BCUT2D eigenvalue weighted by Crippen LogP contribution is 2.23. The Morgan fingerprint density at radius 3 is 2.47 bits per heavy atom. The van der Waals surface area contributed by atoms with Crippen LogP contribution in [0.1, 0.15) is 29.3 Å². The van der Waals surface area contributed by atoms with Crippen molar-refractivity contribution in [1.82, 2.24) is 9.80 Å². The maximum absolute atomic E-state index is 12.5. The molecule has 2 aromatic rings. The average molecular weight is 522 g/mol. The molecule has 200 valence electrons. The van der Waals surface area contributed by atoms with Crippen molar-refractivity contribution in [3.05, 3.63) is 65.7 Å². The Kier molecular flexibility index (Phi) is 8.70. The molecule has 38 heavy (non-hydrogen) atoms. The predicted octanol–water partition coefficient (Wildman–Crippen LogP) is 1.65. The highest BCUT2D eigenvalue weighted by molar-refractivity contribution is 6.09. The van der Waals surface area contributed by atoms with Gasteiger partial charge in [0.15, 0.2) is 0 Å². The number of hydrogen-bond acceptors (Lipinski definition) is 7. The highest BCUT2D eigenvalue weighted by Gasteiger charge is 2.35. The SMILES string of the molecule is CCOC(=O)CCN1CCN(CC2CN(c3ccc(C(N)=NC(=O)c4ccccc4)cc3)C(=O)O2)CC1=O. The first-order valence-electron chi connectivity index (χ1n) is 12.5. The van der Waals surface area contributed by atoms with Crippen LogP contribution >= 0.6 is 0 Å². The number of carbonyl (C=O) groups is 4. The van der Waals surface area contributed by atoms with Gasteiger partial charge in [0.2, 0.25) is 5.91 Å². The Bertz CT molecular complexity index is 1200. The summed E-state index contributed by atoms with van der Waals surface area (Å²) in [6.45, 7) is 4.49. The van der Waals surface area contributed by atoms with Crippen LogP contribution in [-0.2, 0) is 19.1 Å². The fourth-order valence-corrected chi connectivity index (χ4v) is 4.36. The molecule has 0 radical (unpaired) electrons. The minimum Gasteiger partial charge on any atom is -0.466 e. The summed E-state index contributed by atoms with van der Waals surface area (Å²) in [7, 11) is 0. The predicted molar refractivity (Wildman–Crippen MR) is 140 cm³/mol. The molecule has 2 fully saturated rings. The lowest BCUT2D eigenvalue weighted by atomic mass is 10.1. The minimum absolute atomic E-state index is 0.0673. The standard InChI is InChI=1S/C27H31N5O6/c1-2-37-24(34)12-13-31-15-14-30(18-23(31)33)16-22-17-32(27(36)38-22)21-10-8-19(9-11-21)25(28)29-26(35)20-6-4-3-5-7-20/h3-11,22H,2,12-18H2,1H3,(H2,28,29,35). The summed E-state index contributed by atoms with van der Waals surface area (Å²) in [6, 6.07) is 15.5. The van der Waals surface area contributed by atoms with Crippen molar-refractivity contribution in [2.45, 2.75) is 19.4 Å². The van der Waals surface area contributed by atoms with Crippen LogP contribution in [0.25, 0.3) is 0 Å². The largest absolute Gasteiger partial charge is 0.466 e. The van der Waals surface area contributed by atoms with E-state index in [1.807, 2.05) is 11.0 Å². The number of amidine groups is 1. The van der Waals surface area contributed by atoms with Crippen LogP contribution in [0.5, 0.6) is 0 Å². The van der Waals surface area contributed by atoms with Crippen molar-refractivity contribution < 1.29 is 28.7 Å². The highest BCUT2D eigenvalue weighted by atomic mass is 16.6. The molecule has 11 nitrogen and oxygen atoms in total. The lowest BCUT2D eigenvalue weighted by molar-refractivity contribution is -0.144. The quantitative estimate of drug-likeness (QED) is 0.299. The number of amides is 3. The molecule has 0 spiro atoms. The van der Waals surface area contributed by atoms with E-state index in [2.05, 4.69) is 4.99 Å². The van der Waals surface area contributed by atoms with Gasteiger partial charge in [-0.1, -0.05) is 18.2 Å². The molecule has 2 N–H and O–H groups in total. The molecule has 0 aromatic heterocycles. The lowest BCUT2D eigenvalue weighted by Gasteiger charge is -2.34. The number of nitrogens with two attached hydrogens (primary N) is 1. The number of piperazine rings is 1. The number of nitrogens with zero attached hydrogens (tertiary/aromatic N) is 4. The van der Waals surface area contributed by atoms with Gasteiger partial charge < -0.3 is 20.1 Å². The van der Waals surface area contributed by atoms with Crippen LogP contribution in [0, 0.1) is 0 Å². The van der Waals surface area contributed by atoms with Crippen LogP contribution in [0.15, 0.2) is 59.6 Å². The number of benzene rings is 2. The second-order valence-corrected chi connectivity index (χ2v) is 9.00. The second-order valence-electron chi connectivity index (χ2n) is 9.00. The zero-order valence-corrected chi connectivity index (χ0v) is 21.2. The molecule has 0 bridgehead atoms. The molecule has 2 saturated heterocycles. The summed E-state index contributed by atoms with van der Waals surface area (Å²) >= 11 is 0. The third-order valence-electron chi connectivity index (χ3n) is 6.34. The van der Waals surface area contributed by atoms with Crippen molar-refractivity contribution in [3.63, 3.8) is 0 Å². The van der Waals surface area contributed by atoms with E-state index in [4.69, 9.17) is 15.2 Å². The van der Waals surface area contributed by atoms with Gasteiger partial charge in [0.1, 0.15) is 11.9 Å². The number of aliphatic imine (C=N–C) groups is 1. The summed E-state index contributed by atoms with van der Waals surface area (Å²) in [4.78, 5) is 58.0. The van der Waals surface area contributed by atoms with E-state index in [-0.39, 0.29) is 30.7 Å². The van der Waals surface area contributed by atoms with Gasteiger partial charge in [-0.2, -0.15) is 4.99 Å². The third-order valence-corrected chi connectivity index (χ3v) is 6.34. The molecule has 1 atom stereocenters. The van der Waals surface area contributed by atoms with Crippen LogP contribution in [0.4, 0.5) is 10.5 Å². The van der Waals surface area contributed by atoms with E-state index in [1.165, 1.54) is 4.90 Å². The molecule has 0 aliphatic carbocycles. The van der Waals surface area contributed by atoms with E-state index in [9.17, 15) is 19.2 Å². The molecule has 0 saturated carbocycles. The van der Waals surface area contributed by atoms with E-state index < -0.39 is 18.1 Å². The maximum Gasteiger partial charge on any atom is 0.414 e. The first-order valence-corrected chi connectivity index (χ1v) is 12.5. The van der Waals surface area contributed by atoms with Crippen molar-refractivity contribution in [1.29, 1.82) is 0 Å². The van der Waals surface area contributed by atoms with Gasteiger partial charge in [-0.15, -0.1) is 0 Å². The van der Waals surface area contributed by atoms with Crippen molar-refractivity contribution in [2.75, 3.05) is 50.8 Å². The molecule has 4 rings (SSSR count). The number of anilines is 1. The van der Waals surface area contributed by atoms with Crippen molar-refractivity contribution in [2.24, 2.45) is 10.7 Å². The molecule has 2 aliphatic rings. The molecule has 3 amide bonds. The van der Waals surface area contributed by atoms with E-state index in [0.29, 0.717) is 56.1 Å². The zero-order valence-electron chi connectivity index (χ0n) is 21.2. The van der Waals surface area contributed by atoms with Crippen molar-refractivity contribution in [3.8, 4) is 0 Å². The Morgan fingerprint density at radius 1 is 1.05 bits per heavy atom. The van der Waals surface area contributed by atoms with Crippen LogP contribution in [-0.4, -0.2) is 91.5 Å². The summed E-state index contributed by atoms with van der Waals surface area (Å²) in [6.07, 6.45) is -0.687. The molecule has 1 unspecified atom stereocenters. The Labute approximate surface area is 220 Å². The first-order chi connectivity index (χ1) is 18.3. The van der Waals surface area contributed by atoms with E-state index in [1.54, 1.807) is 60.4 Å². The maximum atomic E-state index is 12.5. The lowest BCUT2D eigenvalue weighted by Crippen LogP contribution is -2.52. The van der Waals surface area contributed by atoms with Gasteiger partial charge in [-0.25, -0.2) is 4.79 Å². The fourth-order valence-electron chi connectivity index (χ4n) is 4.36. The summed E-state index contributed by atoms with van der Waals surface area (Å²) in [5, 5.41) is 0. The van der Waals surface area contributed by atoms with Gasteiger partial charge in [0.05, 0.1) is 26.1 Å². The number of rotatable bonds is 9. The van der Waals surface area contributed by atoms with Gasteiger partial charge >= 0.3 is 12.1 Å². The summed E-state index contributed by atoms with van der Waals surface area (Å²) in [5.41, 5.74) is 7.65. The van der Waals surface area contributed by atoms with Crippen molar-refractivity contribution >= 4 is 35.4 Å². The molecular formula is C27H31N5O6. The third kappa shape index (κ3) is 6.74. The van der Waals surface area contributed by atoms with E-state index in [0.717, 1.165) is 0 Å². The zero-order chi connectivity index (χ0) is 27.1. The molecule has 11 heteroatoms. The molecule has 2 heterocycles. The normalized spacial score (nSPS) is 18.4. The van der Waals surface area contributed by atoms with Gasteiger partial charge in [0, 0.05) is 43.0 Å². The molecular weight excluding hydrogens is 490 g/mol. The Balaban J connectivity index is 1.29.